The van der Waals surface area contributed by atoms with E-state index in [-0.39, 0.29) is 11.7 Å². The minimum atomic E-state index is -0.381. The first-order valence-corrected chi connectivity index (χ1v) is 8.49. The van der Waals surface area contributed by atoms with Crippen molar-refractivity contribution in [3.8, 4) is 0 Å². The van der Waals surface area contributed by atoms with Crippen LogP contribution in [0.4, 0.5) is 4.79 Å². The maximum Gasteiger partial charge on any atom is 0.410 e. The first kappa shape index (κ1) is 16.1. The fourth-order valence-corrected chi connectivity index (χ4v) is 2.80. The molecule has 106 valence electrons. The predicted molar refractivity (Wildman–Crippen MR) is 83.3 cm³/mol. The molecule has 0 aliphatic carbocycles. The Kier molecular flexibility index (Phi) is 6.74. The van der Waals surface area contributed by atoms with Crippen molar-refractivity contribution in [1.29, 1.82) is 0 Å². The summed E-state index contributed by atoms with van der Waals surface area (Å²) in [7, 11) is 0. The Morgan fingerprint density at radius 2 is 1.89 bits per heavy atom. The molecule has 4 heteroatoms. The maximum absolute atomic E-state index is 11.9. The maximum atomic E-state index is 11.9. The fraction of sp³-hybridized carbons (Fsp3) is 0.929. The van der Waals surface area contributed by atoms with Crippen LogP contribution < -0.4 is 0 Å². The number of rotatable bonds is 4. The molecule has 1 aliphatic rings. The Hall–Kier alpha value is 0. The summed E-state index contributed by atoms with van der Waals surface area (Å²) < 4.78 is 6.66. The highest BCUT2D eigenvalue weighted by Gasteiger charge is 2.26. The summed E-state index contributed by atoms with van der Waals surface area (Å²) in [5, 5.41) is 0. The van der Waals surface area contributed by atoms with Crippen molar-refractivity contribution in [1.82, 2.24) is 4.90 Å². The van der Waals surface area contributed by atoms with E-state index in [1.807, 2.05) is 25.7 Å². The SMILES string of the molecule is CC(C)(C)OC(=O)N1CCC(CCCCI)CC1. The summed E-state index contributed by atoms with van der Waals surface area (Å²) in [6.45, 7) is 7.48. The molecule has 0 bridgehead atoms. The van der Waals surface area contributed by atoms with Gasteiger partial charge in [-0.25, -0.2) is 4.79 Å². The van der Waals surface area contributed by atoms with Gasteiger partial charge in [0, 0.05) is 13.1 Å². The Morgan fingerprint density at radius 3 is 2.39 bits per heavy atom. The minimum absolute atomic E-state index is 0.145. The average molecular weight is 367 g/mol. The van der Waals surface area contributed by atoms with E-state index in [9.17, 15) is 4.79 Å². The Labute approximate surface area is 125 Å². The number of likely N-dealkylation sites (tertiary alicyclic amines) is 1. The van der Waals surface area contributed by atoms with Crippen LogP contribution in [-0.4, -0.2) is 34.1 Å². The molecule has 3 nitrogen and oxygen atoms in total. The highest BCUT2D eigenvalue weighted by atomic mass is 127. The molecule has 1 heterocycles. The van der Waals surface area contributed by atoms with Gasteiger partial charge in [-0.05, 0) is 50.4 Å². The van der Waals surface area contributed by atoms with Crippen LogP contribution in [-0.2, 0) is 4.74 Å². The molecule has 0 aromatic heterocycles. The molecule has 0 N–H and O–H groups in total. The molecule has 0 aromatic rings. The first-order valence-electron chi connectivity index (χ1n) is 6.96. The van der Waals surface area contributed by atoms with Gasteiger partial charge >= 0.3 is 6.09 Å². The van der Waals surface area contributed by atoms with Crippen LogP contribution in [0.15, 0.2) is 0 Å². The number of hydrogen-bond acceptors (Lipinski definition) is 2. The van der Waals surface area contributed by atoms with Crippen LogP contribution in [0, 0.1) is 5.92 Å². The summed E-state index contributed by atoms with van der Waals surface area (Å²) in [6.07, 6.45) is 6.12. The van der Waals surface area contributed by atoms with E-state index in [2.05, 4.69) is 22.6 Å². The van der Waals surface area contributed by atoms with E-state index in [1.54, 1.807) is 0 Å². The lowest BCUT2D eigenvalue weighted by molar-refractivity contribution is 0.0180. The van der Waals surface area contributed by atoms with Gasteiger partial charge in [-0.2, -0.15) is 0 Å². The second kappa shape index (κ2) is 7.56. The zero-order chi connectivity index (χ0) is 13.6. The number of carbonyl (C=O) groups is 1. The monoisotopic (exact) mass is 367 g/mol. The van der Waals surface area contributed by atoms with Crippen LogP contribution in [0.1, 0.15) is 52.9 Å². The van der Waals surface area contributed by atoms with Crippen LogP contribution in [0.2, 0.25) is 0 Å². The molecule has 1 saturated heterocycles. The molecule has 0 radical (unpaired) electrons. The highest BCUT2D eigenvalue weighted by Crippen LogP contribution is 2.24. The van der Waals surface area contributed by atoms with E-state index in [0.717, 1.165) is 31.8 Å². The zero-order valence-electron chi connectivity index (χ0n) is 11.9. The molecule has 1 fully saturated rings. The van der Waals surface area contributed by atoms with Gasteiger partial charge in [0.2, 0.25) is 0 Å². The summed E-state index contributed by atoms with van der Waals surface area (Å²) in [5.41, 5.74) is -0.381. The third-order valence-corrected chi connectivity index (χ3v) is 4.03. The van der Waals surface area contributed by atoms with E-state index in [4.69, 9.17) is 4.74 Å². The number of carbonyl (C=O) groups excluding carboxylic acids is 1. The van der Waals surface area contributed by atoms with Gasteiger partial charge in [-0.1, -0.05) is 35.4 Å². The standard InChI is InChI=1S/C14H26INO2/c1-14(2,3)18-13(17)16-10-7-12(8-11-16)6-4-5-9-15/h12H,4-11H2,1-3H3. The molecule has 0 aromatic carbocycles. The van der Waals surface area contributed by atoms with Crippen molar-refractivity contribution in [2.75, 3.05) is 17.5 Å². The number of unbranched alkanes of at least 4 members (excludes halogenated alkanes) is 1. The normalized spacial score (nSPS) is 17.9. The van der Waals surface area contributed by atoms with E-state index >= 15 is 0 Å². The third-order valence-electron chi connectivity index (χ3n) is 3.26. The average Bonchev–Trinajstić information content (AvgIpc) is 2.28. The lowest BCUT2D eigenvalue weighted by Crippen LogP contribution is -2.41. The van der Waals surface area contributed by atoms with Gasteiger partial charge in [0.25, 0.3) is 0 Å². The van der Waals surface area contributed by atoms with Gasteiger partial charge in [0.1, 0.15) is 5.60 Å². The van der Waals surface area contributed by atoms with Crippen molar-refractivity contribution in [2.24, 2.45) is 5.92 Å². The van der Waals surface area contributed by atoms with Gasteiger partial charge in [-0.15, -0.1) is 0 Å². The fourth-order valence-electron chi connectivity index (χ4n) is 2.26. The van der Waals surface area contributed by atoms with Crippen LogP contribution in [0.3, 0.4) is 0 Å². The van der Waals surface area contributed by atoms with Crippen LogP contribution >= 0.6 is 22.6 Å². The van der Waals surface area contributed by atoms with Crippen molar-refractivity contribution < 1.29 is 9.53 Å². The molecule has 0 unspecified atom stereocenters. The van der Waals surface area contributed by atoms with E-state index in [1.165, 1.54) is 23.7 Å². The zero-order valence-corrected chi connectivity index (χ0v) is 14.0. The third kappa shape index (κ3) is 6.25. The summed E-state index contributed by atoms with van der Waals surface area (Å²) >= 11 is 2.44. The number of ether oxygens (including phenoxy) is 1. The Morgan fingerprint density at radius 1 is 1.28 bits per heavy atom. The summed E-state index contributed by atoms with van der Waals surface area (Å²) in [6, 6.07) is 0. The molecular weight excluding hydrogens is 341 g/mol. The minimum Gasteiger partial charge on any atom is -0.444 e. The number of piperidine rings is 1. The van der Waals surface area contributed by atoms with Gasteiger partial charge in [0.05, 0.1) is 0 Å². The van der Waals surface area contributed by atoms with Crippen molar-refractivity contribution >= 4 is 28.7 Å². The van der Waals surface area contributed by atoms with Gasteiger partial charge < -0.3 is 9.64 Å². The molecule has 1 amide bonds. The molecule has 18 heavy (non-hydrogen) atoms. The topological polar surface area (TPSA) is 29.5 Å². The number of hydrogen-bond donors (Lipinski definition) is 0. The molecule has 0 atom stereocenters. The number of alkyl halides is 1. The van der Waals surface area contributed by atoms with Crippen molar-refractivity contribution in [3.63, 3.8) is 0 Å². The molecule has 1 aliphatic heterocycles. The van der Waals surface area contributed by atoms with E-state index < -0.39 is 0 Å². The molecule has 0 saturated carbocycles. The van der Waals surface area contributed by atoms with E-state index in [0.29, 0.717) is 0 Å². The van der Waals surface area contributed by atoms with Crippen molar-refractivity contribution in [2.45, 2.75) is 58.5 Å². The predicted octanol–water partition coefficient (Wildman–Crippen LogP) is 4.24. The number of amides is 1. The summed E-state index contributed by atoms with van der Waals surface area (Å²) in [4.78, 5) is 13.7. The molecular formula is C14H26INO2. The highest BCUT2D eigenvalue weighted by molar-refractivity contribution is 14.1. The van der Waals surface area contributed by atoms with Gasteiger partial charge in [-0.3, -0.25) is 0 Å². The largest absolute Gasteiger partial charge is 0.444 e. The second-order valence-corrected chi connectivity index (χ2v) is 7.17. The molecule has 0 spiro atoms. The smallest absolute Gasteiger partial charge is 0.410 e. The Bertz CT molecular complexity index is 255. The van der Waals surface area contributed by atoms with Crippen LogP contribution in [0.25, 0.3) is 0 Å². The van der Waals surface area contributed by atoms with Gasteiger partial charge in [0.15, 0.2) is 0 Å². The Balaban J connectivity index is 2.24. The quantitative estimate of drug-likeness (QED) is 0.423. The number of halogens is 1. The molecule has 1 rings (SSSR count). The van der Waals surface area contributed by atoms with Crippen molar-refractivity contribution in [3.05, 3.63) is 0 Å². The lowest BCUT2D eigenvalue weighted by atomic mass is 9.92. The summed E-state index contributed by atoms with van der Waals surface area (Å²) in [5.74, 6) is 0.812. The van der Waals surface area contributed by atoms with Crippen LogP contribution in [0.5, 0.6) is 0 Å². The number of nitrogens with zero attached hydrogens (tertiary/aromatic N) is 1. The first-order chi connectivity index (χ1) is 8.42. The second-order valence-electron chi connectivity index (χ2n) is 6.10. The lowest BCUT2D eigenvalue weighted by Gasteiger charge is -2.33.